The quantitative estimate of drug-likeness (QED) is 0.689. The molecule has 1 aliphatic heterocycles. The Bertz CT molecular complexity index is 756. The van der Waals surface area contributed by atoms with Crippen LogP contribution in [0.3, 0.4) is 0 Å². The summed E-state index contributed by atoms with van der Waals surface area (Å²) in [7, 11) is -3.27. The summed E-state index contributed by atoms with van der Waals surface area (Å²) < 4.78 is 30.9. The molecule has 156 valence electrons. The molecule has 1 aliphatic carbocycles. The highest BCUT2D eigenvalue weighted by molar-refractivity contribution is 7.90. The van der Waals surface area contributed by atoms with Crippen LogP contribution in [0.2, 0.25) is 0 Å². The maximum atomic E-state index is 12.7. The lowest BCUT2D eigenvalue weighted by molar-refractivity contribution is 0.00301. The lowest BCUT2D eigenvalue weighted by Gasteiger charge is -2.28. The van der Waals surface area contributed by atoms with Crippen LogP contribution in [0.15, 0.2) is 24.3 Å². The Morgan fingerprint density at radius 2 is 1.86 bits per heavy atom. The normalized spacial score (nSPS) is 23.5. The molecular formula is C22H33NO4S. The van der Waals surface area contributed by atoms with Gasteiger partial charge in [-0.25, -0.2) is 8.42 Å². The number of nitrogens with zero attached hydrogens (tertiary/aromatic N) is 1. The number of carbonyl (C=O) groups is 1. The molecule has 1 amide bonds. The summed E-state index contributed by atoms with van der Waals surface area (Å²) in [5.74, 6) is 0.501. The fraction of sp³-hybridized carbons (Fsp3) is 0.682. The fourth-order valence-electron chi connectivity index (χ4n) is 4.26. The zero-order valence-electron chi connectivity index (χ0n) is 16.9. The molecule has 0 unspecified atom stereocenters. The van der Waals surface area contributed by atoms with Crippen molar-refractivity contribution in [3.63, 3.8) is 0 Å². The second-order valence-electron chi connectivity index (χ2n) is 8.32. The molecule has 5 nitrogen and oxygen atoms in total. The molecule has 0 radical (unpaired) electrons. The number of benzene rings is 1. The van der Waals surface area contributed by atoms with E-state index in [1.54, 1.807) is 24.3 Å². The molecule has 2 aliphatic rings. The van der Waals surface area contributed by atoms with Crippen molar-refractivity contribution in [2.45, 2.75) is 63.7 Å². The van der Waals surface area contributed by atoms with Gasteiger partial charge >= 0.3 is 0 Å². The second-order valence-corrected chi connectivity index (χ2v) is 10.5. The van der Waals surface area contributed by atoms with Gasteiger partial charge in [0, 0.05) is 18.7 Å². The molecule has 2 atom stereocenters. The predicted molar refractivity (Wildman–Crippen MR) is 111 cm³/mol. The van der Waals surface area contributed by atoms with Crippen LogP contribution in [0.4, 0.5) is 0 Å². The highest BCUT2D eigenvalue weighted by Crippen LogP contribution is 2.26. The van der Waals surface area contributed by atoms with E-state index in [4.69, 9.17) is 4.74 Å². The van der Waals surface area contributed by atoms with Crippen LogP contribution < -0.4 is 0 Å². The van der Waals surface area contributed by atoms with Crippen LogP contribution in [0.5, 0.6) is 0 Å². The summed E-state index contributed by atoms with van der Waals surface area (Å²) >= 11 is 0. The van der Waals surface area contributed by atoms with Crippen LogP contribution in [-0.2, 0) is 20.3 Å². The minimum absolute atomic E-state index is 0.00793. The van der Waals surface area contributed by atoms with Gasteiger partial charge in [-0.15, -0.1) is 0 Å². The third-order valence-corrected chi connectivity index (χ3v) is 7.52. The molecule has 0 N–H and O–H groups in total. The molecule has 2 fully saturated rings. The van der Waals surface area contributed by atoms with Gasteiger partial charge in [0.15, 0.2) is 9.84 Å². The number of likely N-dealkylation sites (tertiary alicyclic amines) is 1. The van der Waals surface area contributed by atoms with Gasteiger partial charge in [0.2, 0.25) is 0 Å². The molecule has 28 heavy (non-hydrogen) atoms. The molecular weight excluding hydrogens is 374 g/mol. The van der Waals surface area contributed by atoms with Crippen molar-refractivity contribution in [2.24, 2.45) is 5.92 Å². The standard InChI is InChI=1S/C22H33NO4S/c1-18-8-3-4-11-21(18)27-14-15-28(25,26)17-19-9-7-10-20(16-19)22(24)23-12-5-2-6-13-23/h7,9-10,16,18,21H,2-6,8,11-15,17H2,1H3/t18-,21+/m1/s1. The van der Waals surface area contributed by atoms with E-state index < -0.39 is 9.84 Å². The molecule has 3 rings (SSSR count). The number of ether oxygens (including phenoxy) is 1. The summed E-state index contributed by atoms with van der Waals surface area (Å²) in [5.41, 5.74) is 1.26. The van der Waals surface area contributed by atoms with Gasteiger partial charge in [-0.3, -0.25) is 4.79 Å². The first-order chi connectivity index (χ1) is 13.4. The summed E-state index contributed by atoms with van der Waals surface area (Å²) in [5, 5.41) is 0. The Morgan fingerprint density at radius 3 is 2.61 bits per heavy atom. The number of sulfone groups is 1. The van der Waals surface area contributed by atoms with Gasteiger partial charge in [-0.05, 0) is 55.7 Å². The van der Waals surface area contributed by atoms with Crippen molar-refractivity contribution in [2.75, 3.05) is 25.4 Å². The number of carbonyl (C=O) groups excluding carboxylic acids is 1. The third-order valence-electron chi connectivity index (χ3n) is 5.96. The van der Waals surface area contributed by atoms with E-state index in [0.29, 0.717) is 17.0 Å². The molecule has 0 bridgehead atoms. The maximum absolute atomic E-state index is 12.7. The number of hydrogen-bond donors (Lipinski definition) is 0. The Labute approximate surface area is 169 Å². The Hall–Kier alpha value is -1.40. The number of piperidine rings is 1. The summed E-state index contributed by atoms with van der Waals surface area (Å²) in [6.45, 7) is 4.02. The Balaban J connectivity index is 1.54. The van der Waals surface area contributed by atoms with Crippen LogP contribution >= 0.6 is 0 Å². The smallest absolute Gasteiger partial charge is 0.253 e. The molecule has 1 saturated heterocycles. The van der Waals surface area contributed by atoms with Crippen molar-refractivity contribution in [1.82, 2.24) is 4.90 Å². The zero-order chi connectivity index (χ0) is 20.0. The maximum Gasteiger partial charge on any atom is 0.253 e. The number of amides is 1. The second kappa shape index (κ2) is 9.88. The highest BCUT2D eigenvalue weighted by atomic mass is 32.2. The SMILES string of the molecule is C[C@@H]1CCCC[C@@H]1OCCS(=O)(=O)Cc1cccc(C(=O)N2CCCCC2)c1. The minimum Gasteiger partial charge on any atom is -0.377 e. The first kappa shape index (κ1) is 21.3. The van der Waals surface area contributed by atoms with Gasteiger partial charge in [-0.2, -0.15) is 0 Å². The molecule has 1 saturated carbocycles. The van der Waals surface area contributed by atoms with E-state index in [2.05, 4.69) is 6.92 Å². The number of hydrogen-bond acceptors (Lipinski definition) is 4. The molecule has 0 aromatic heterocycles. The summed E-state index contributed by atoms with van der Waals surface area (Å²) in [6.07, 6.45) is 8.04. The summed E-state index contributed by atoms with van der Waals surface area (Å²) in [6, 6.07) is 7.08. The average molecular weight is 408 g/mol. The van der Waals surface area contributed by atoms with Crippen molar-refractivity contribution in [1.29, 1.82) is 0 Å². The largest absolute Gasteiger partial charge is 0.377 e. The Morgan fingerprint density at radius 1 is 1.11 bits per heavy atom. The molecule has 1 aromatic rings. The number of rotatable bonds is 7. The predicted octanol–water partition coefficient (Wildman–Crippen LogP) is 3.82. The van der Waals surface area contributed by atoms with Crippen molar-refractivity contribution in [3.8, 4) is 0 Å². The van der Waals surface area contributed by atoms with Crippen LogP contribution in [-0.4, -0.2) is 50.8 Å². The van der Waals surface area contributed by atoms with E-state index in [-0.39, 0.29) is 30.1 Å². The first-order valence-corrected chi connectivity index (χ1v) is 12.5. The van der Waals surface area contributed by atoms with E-state index in [1.807, 2.05) is 4.90 Å². The van der Waals surface area contributed by atoms with Crippen molar-refractivity contribution in [3.05, 3.63) is 35.4 Å². The molecule has 1 heterocycles. The van der Waals surface area contributed by atoms with Gasteiger partial charge in [0.1, 0.15) is 0 Å². The van der Waals surface area contributed by atoms with Crippen LogP contribution in [0.1, 0.15) is 67.8 Å². The lowest BCUT2D eigenvalue weighted by Crippen LogP contribution is -2.35. The van der Waals surface area contributed by atoms with E-state index in [1.165, 1.54) is 19.3 Å². The molecule has 1 aromatic carbocycles. The fourth-order valence-corrected chi connectivity index (χ4v) is 5.44. The van der Waals surface area contributed by atoms with Gasteiger partial charge in [0.25, 0.3) is 5.91 Å². The van der Waals surface area contributed by atoms with E-state index >= 15 is 0 Å². The van der Waals surface area contributed by atoms with E-state index in [9.17, 15) is 13.2 Å². The first-order valence-electron chi connectivity index (χ1n) is 10.6. The van der Waals surface area contributed by atoms with Crippen molar-refractivity contribution >= 4 is 15.7 Å². The highest BCUT2D eigenvalue weighted by Gasteiger charge is 2.23. The van der Waals surface area contributed by atoms with Gasteiger partial charge in [0.05, 0.1) is 24.2 Å². The molecule has 6 heteroatoms. The minimum atomic E-state index is -3.27. The summed E-state index contributed by atoms with van der Waals surface area (Å²) in [4.78, 5) is 14.5. The Kier molecular flexibility index (Phi) is 7.52. The van der Waals surface area contributed by atoms with Crippen LogP contribution in [0, 0.1) is 5.92 Å². The zero-order valence-corrected chi connectivity index (χ0v) is 17.8. The molecule has 0 spiro atoms. The third kappa shape index (κ3) is 6.05. The monoisotopic (exact) mass is 407 g/mol. The van der Waals surface area contributed by atoms with Crippen LogP contribution in [0.25, 0.3) is 0 Å². The van der Waals surface area contributed by atoms with Gasteiger partial charge < -0.3 is 9.64 Å². The average Bonchev–Trinajstić information content (AvgIpc) is 2.69. The van der Waals surface area contributed by atoms with E-state index in [0.717, 1.165) is 38.8 Å². The lowest BCUT2D eigenvalue weighted by atomic mass is 9.88. The topological polar surface area (TPSA) is 63.7 Å². The van der Waals surface area contributed by atoms with Gasteiger partial charge in [-0.1, -0.05) is 31.9 Å². The van der Waals surface area contributed by atoms with Crippen molar-refractivity contribution < 1.29 is 17.9 Å².